The zero-order chi connectivity index (χ0) is 43.6. The van der Waals surface area contributed by atoms with Gasteiger partial charge < -0.3 is 39.9 Å². The van der Waals surface area contributed by atoms with Gasteiger partial charge >= 0.3 is 18.0 Å². The topological polar surface area (TPSA) is 179 Å². The Morgan fingerprint density at radius 2 is 1.25 bits per heavy atom. The highest BCUT2D eigenvalue weighted by molar-refractivity contribution is 5.91. The van der Waals surface area contributed by atoms with Crippen LogP contribution in [0.3, 0.4) is 0 Å². The number of benzene rings is 3. The van der Waals surface area contributed by atoms with Crippen LogP contribution < -0.4 is 10.6 Å². The van der Waals surface area contributed by atoms with E-state index in [2.05, 4.69) is 65.7 Å². The van der Waals surface area contributed by atoms with E-state index in [0.29, 0.717) is 23.9 Å². The molecule has 15 nitrogen and oxygen atoms in total. The number of carbonyl (C=O) groups excluding carboxylic acids is 4. The molecule has 0 spiro atoms. The van der Waals surface area contributed by atoms with Crippen molar-refractivity contribution in [3.8, 4) is 33.6 Å². The third kappa shape index (κ3) is 8.77. The quantitative estimate of drug-likeness (QED) is 0.0778. The number of halogens is 1. The van der Waals surface area contributed by atoms with Crippen LogP contribution in [0.15, 0.2) is 73.1 Å². The number of amides is 4. The maximum absolute atomic E-state index is 15.5. The third-order valence-corrected chi connectivity index (χ3v) is 11.6. The van der Waals surface area contributed by atoms with Crippen LogP contribution in [0.25, 0.3) is 49.3 Å². The molecule has 2 aromatic heterocycles. The first-order valence-corrected chi connectivity index (χ1v) is 20.3. The Morgan fingerprint density at radius 3 is 1.80 bits per heavy atom. The van der Waals surface area contributed by atoms with Crippen LogP contribution in [0.4, 0.5) is 14.0 Å². The number of methoxy groups -OCH3 is 2. The molecule has 0 radical (unpaired) electrons. The number of aromatic nitrogens is 4. The number of ether oxygens (including phenoxy) is 2. The van der Waals surface area contributed by atoms with Crippen molar-refractivity contribution >= 4 is 34.8 Å². The van der Waals surface area contributed by atoms with Crippen molar-refractivity contribution in [1.29, 1.82) is 0 Å². The van der Waals surface area contributed by atoms with Crippen LogP contribution >= 0.6 is 0 Å². The van der Waals surface area contributed by atoms with Crippen LogP contribution in [-0.2, 0) is 19.1 Å². The Hall–Kier alpha value is -6.76. The predicted molar refractivity (Wildman–Crippen MR) is 226 cm³/mol. The van der Waals surface area contributed by atoms with Gasteiger partial charge in [-0.1, -0.05) is 76.2 Å². The molecule has 0 unspecified atom stereocenters. The van der Waals surface area contributed by atoms with Gasteiger partial charge in [0.25, 0.3) is 0 Å². The van der Waals surface area contributed by atoms with Crippen molar-refractivity contribution in [3.05, 3.63) is 96.1 Å². The van der Waals surface area contributed by atoms with E-state index in [1.165, 1.54) is 19.1 Å². The molecule has 5 atom stereocenters. The molecule has 318 valence electrons. The van der Waals surface area contributed by atoms with Crippen LogP contribution in [0, 0.1) is 18.4 Å². The summed E-state index contributed by atoms with van der Waals surface area (Å²) in [4.78, 5) is 73.5. The Bertz CT molecular complexity index is 2480. The highest BCUT2D eigenvalue weighted by atomic mass is 19.1. The molecule has 4 amide bonds. The standard InChI is InChI=1S/C45H50FN9O6/c1-25(2)37(52-43(58)60-6)41(56)54-18-8-9-35(54)39-48-23-34(51-39)32-17-16-30-19-29(14-15-31(30)20-32)27-10-12-28(13-11-27)33-22-49-40(50-33)36-21-45(46,47-5)24-55(36)42(57)38(26(3)4)53-44(59)61-7/h10-17,19-20,22-23,25-26,35-38H,8-9,18,21,24H2,1-4,6-7H3,(H,48,51)(H,49,50)(H,52,58)(H,53,59)/t35-,36-,37-,38-,45+/m0/s1. The molecule has 2 aliphatic heterocycles. The highest BCUT2D eigenvalue weighted by Gasteiger charge is 2.54. The van der Waals surface area contributed by atoms with Gasteiger partial charge in [0.05, 0.1) is 50.5 Å². The molecule has 5 aromatic rings. The van der Waals surface area contributed by atoms with E-state index < -0.39 is 48.6 Å². The van der Waals surface area contributed by atoms with E-state index in [9.17, 15) is 19.2 Å². The smallest absolute Gasteiger partial charge is 0.407 e. The minimum Gasteiger partial charge on any atom is -0.453 e. The second-order valence-corrected chi connectivity index (χ2v) is 16.3. The summed E-state index contributed by atoms with van der Waals surface area (Å²) in [6.45, 7) is 14.9. The summed E-state index contributed by atoms with van der Waals surface area (Å²) < 4.78 is 25.0. The molecule has 16 heteroatoms. The van der Waals surface area contributed by atoms with Crippen molar-refractivity contribution in [2.24, 2.45) is 11.8 Å². The van der Waals surface area contributed by atoms with Gasteiger partial charge in [0.15, 0.2) is 0 Å². The Morgan fingerprint density at radius 1 is 0.754 bits per heavy atom. The monoisotopic (exact) mass is 831 g/mol. The van der Waals surface area contributed by atoms with E-state index in [1.807, 2.05) is 44.2 Å². The molecule has 0 aliphatic carbocycles. The number of nitrogens with zero attached hydrogens (tertiary/aromatic N) is 5. The van der Waals surface area contributed by atoms with Crippen molar-refractivity contribution in [2.75, 3.05) is 27.3 Å². The summed E-state index contributed by atoms with van der Waals surface area (Å²) in [6, 6.07) is 17.6. The molecule has 4 heterocycles. The molecule has 7 rings (SSSR count). The molecule has 3 aromatic carbocycles. The third-order valence-electron chi connectivity index (χ3n) is 11.6. The van der Waals surface area contributed by atoms with Crippen LogP contribution in [0.2, 0.25) is 0 Å². The largest absolute Gasteiger partial charge is 0.453 e. The first kappa shape index (κ1) is 42.4. The molecule has 2 aliphatic rings. The zero-order valence-corrected chi connectivity index (χ0v) is 35.0. The predicted octanol–water partition coefficient (Wildman–Crippen LogP) is 7.57. The van der Waals surface area contributed by atoms with E-state index in [-0.39, 0.29) is 30.2 Å². The average Bonchev–Trinajstić information content (AvgIpc) is 4.10. The summed E-state index contributed by atoms with van der Waals surface area (Å²) in [7, 11) is 2.48. The van der Waals surface area contributed by atoms with Crippen LogP contribution in [0.1, 0.15) is 70.7 Å². The minimum atomic E-state index is -2.29. The van der Waals surface area contributed by atoms with Crippen molar-refractivity contribution in [1.82, 2.24) is 40.4 Å². The molecular formula is C45H50FN9O6. The number of fused-ring (bicyclic) bond motifs is 1. The number of rotatable bonds is 11. The van der Waals surface area contributed by atoms with Gasteiger partial charge in [-0.05, 0) is 64.3 Å². The summed E-state index contributed by atoms with van der Waals surface area (Å²) in [5.74, 6) is -2.37. The number of hydrogen-bond acceptors (Lipinski definition) is 8. The van der Waals surface area contributed by atoms with Crippen molar-refractivity contribution < 1.29 is 33.0 Å². The average molecular weight is 832 g/mol. The van der Waals surface area contributed by atoms with Gasteiger partial charge in [-0.3, -0.25) is 14.4 Å². The number of imidazole rings is 2. The van der Waals surface area contributed by atoms with Gasteiger partial charge in [0.2, 0.25) is 11.8 Å². The fourth-order valence-electron chi connectivity index (χ4n) is 8.21. The Labute approximate surface area is 353 Å². The number of hydrogen-bond donors (Lipinski definition) is 4. The van der Waals surface area contributed by atoms with Gasteiger partial charge in [-0.15, -0.1) is 0 Å². The van der Waals surface area contributed by atoms with Crippen molar-refractivity contribution in [2.45, 2.75) is 76.9 Å². The van der Waals surface area contributed by atoms with Gasteiger partial charge in [0, 0.05) is 12.1 Å². The summed E-state index contributed by atoms with van der Waals surface area (Å²) >= 11 is 0. The lowest BCUT2D eigenvalue weighted by Crippen LogP contribution is -2.51. The van der Waals surface area contributed by atoms with Crippen LogP contribution in [0.5, 0.6) is 0 Å². The van der Waals surface area contributed by atoms with Crippen molar-refractivity contribution in [3.63, 3.8) is 0 Å². The minimum absolute atomic E-state index is 0.123. The van der Waals surface area contributed by atoms with Gasteiger partial charge in [-0.25, -0.2) is 26.1 Å². The maximum atomic E-state index is 15.5. The first-order chi connectivity index (χ1) is 29.2. The van der Waals surface area contributed by atoms with Crippen LogP contribution in [-0.4, -0.2) is 98.9 Å². The normalized spacial score (nSPS) is 19.8. The number of alkyl halides is 1. The number of H-pyrrole nitrogens is 2. The van der Waals surface area contributed by atoms with E-state index >= 15 is 4.39 Å². The molecule has 61 heavy (non-hydrogen) atoms. The lowest BCUT2D eigenvalue weighted by molar-refractivity contribution is -0.136. The first-order valence-electron chi connectivity index (χ1n) is 20.3. The van der Waals surface area contributed by atoms with Gasteiger partial charge in [0.1, 0.15) is 36.3 Å². The highest BCUT2D eigenvalue weighted by Crippen LogP contribution is 2.41. The number of carbonyl (C=O) groups is 4. The number of aromatic amines is 2. The number of alkyl carbamates (subject to hydrolysis) is 2. The van der Waals surface area contributed by atoms with E-state index in [4.69, 9.17) is 16.0 Å². The second kappa shape index (κ2) is 17.5. The maximum Gasteiger partial charge on any atom is 0.407 e. The zero-order valence-electron chi connectivity index (χ0n) is 35.0. The van der Waals surface area contributed by atoms with E-state index in [1.54, 1.807) is 31.1 Å². The summed E-state index contributed by atoms with van der Waals surface area (Å²) in [5.41, 5.74) is 5.30. The SMILES string of the molecule is [C-]#[N+][C@]1(F)C[C@@H](c2ncc(-c3ccc(-c4ccc5cc(-c6cnc([C@@H]7CCCN7C(=O)[C@@H](NC(=O)OC)C(C)C)[nH]6)ccc5c4)cc3)[nH]2)N(C(=O)[C@@H](NC(=O)OC)C(C)C)C1. The fourth-order valence-corrected chi connectivity index (χ4v) is 8.21. The summed E-state index contributed by atoms with van der Waals surface area (Å²) in [5, 5.41) is 7.33. The van der Waals surface area contributed by atoms with Gasteiger partial charge in [-0.2, -0.15) is 4.39 Å². The Kier molecular flexibility index (Phi) is 12.1. The second-order valence-electron chi connectivity index (χ2n) is 16.3. The lowest BCUT2D eigenvalue weighted by atomic mass is 9.98. The lowest BCUT2D eigenvalue weighted by Gasteiger charge is -2.30. The summed E-state index contributed by atoms with van der Waals surface area (Å²) in [6.07, 6.45) is 3.33. The number of nitrogens with one attached hydrogen (secondary N) is 4. The fraction of sp³-hybridized carbons (Fsp3) is 0.400. The van der Waals surface area contributed by atoms with E-state index in [0.717, 1.165) is 51.6 Å². The number of likely N-dealkylation sites (tertiary alicyclic amines) is 2. The molecular weight excluding hydrogens is 782 g/mol. The Balaban J connectivity index is 1.05. The molecule has 2 saturated heterocycles. The molecule has 4 N–H and O–H groups in total. The molecule has 2 fully saturated rings. The molecule has 0 saturated carbocycles. The molecule has 0 bridgehead atoms.